The molecule has 55 heavy (non-hydrogen) atoms. The highest BCUT2D eigenvalue weighted by Crippen LogP contribution is 2.48. The maximum absolute atomic E-state index is 15.0. The van der Waals surface area contributed by atoms with Crippen molar-refractivity contribution in [3.05, 3.63) is 70.0 Å². The standard InChI is InChI=1S/C43H54N6O5S/c1-25(2)49-40(38(27(5)44-49)43(51)48-32-14-15-33(48)24-46(6)23-32)31-19-30-20-34(54-7)16-18-35(30)41-39(28-11-9-8-10-12-28)36-17-13-29(21-37(36)47(41)22-31)42(50)45-55(52,53)26(3)4/h13,16-21,25-26,28,32-33H,8-12,14-15,22-24H2,1-7H3,(H,45,50). The molecule has 2 unspecified atom stereocenters. The number of nitrogens with zero attached hydrogens (tertiary/aromatic N) is 5. The zero-order chi connectivity index (χ0) is 38.9. The predicted octanol–water partition coefficient (Wildman–Crippen LogP) is 7.39. The number of methoxy groups -OCH3 is 1. The van der Waals surface area contributed by atoms with E-state index in [1.54, 1.807) is 27.0 Å². The fourth-order valence-electron chi connectivity index (χ4n) is 9.69. The first kappa shape index (κ1) is 37.5. The average molecular weight is 767 g/mol. The van der Waals surface area contributed by atoms with E-state index in [2.05, 4.69) is 58.2 Å². The molecule has 8 rings (SSSR count). The zero-order valence-electron chi connectivity index (χ0n) is 33.2. The predicted molar refractivity (Wildman–Crippen MR) is 217 cm³/mol. The summed E-state index contributed by atoms with van der Waals surface area (Å²) in [7, 11) is -0.0216. The minimum absolute atomic E-state index is 0.0229. The Morgan fingerprint density at radius 1 is 0.927 bits per heavy atom. The van der Waals surface area contributed by atoms with Crippen molar-refractivity contribution in [2.45, 2.75) is 115 Å². The summed E-state index contributed by atoms with van der Waals surface area (Å²) >= 11 is 0. The van der Waals surface area contributed by atoms with Gasteiger partial charge in [-0.15, -0.1) is 0 Å². The molecule has 0 radical (unpaired) electrons. The maximum atomic E-state index is 15.0. The third kappa shape index (κ3) is 6.48. The lowest BCUT2D eigenvalue weighted by Crippen LogP contribution is -2.54. The SMILES string of the molecule is COc1ccc2c(c1)C=C(c1c(C(=O)N3C4CCC3CN(C)C4)c(C)nn1C(C)C)Cn1c-2c(C2CCCCC2)c2ccc(C(=O)NS(=O)(=O)C(C)C)cc21. The summed E-state index contributed by atoms with van der Waals surface area (Å²) in [6.07, 6.45) is 9.85. The number of rotatable bonds is 8. The van der Waals surface area contributed by atoms with Crippen LogP contribution in [-0.4, -0.2) is 89.0 Å². The highest BCUT2D eigenvalue weighted by molar-refractivity contribution is 7.90. The van der Waals surface area contributed by atoms with Crippen LogP contribution in [0.25, 0.3) is 33.8 Å². The Kier molecular flexibility index (Phi) is 9.72. The molecule has 2 aromatic heterocycles. The summed E-state index contributed by atoms with van der Waals surface area (Å²) in [5.74, 6) is 0.450. The molecule has 4 aromatic rings. The van der Waals surface area contributed by atoms with Gasteiger partial charge < -0.3 is 19.1 Å². The molecule has 2 saturated heterocycles. The molecular weight excluding hydrogens is 713 g/mol. The van der Waals surface area contributed by atoms with Gasteiger partial charge in [-0.25, -0.2) is 13.1 Å². The van der Waals surface area contributed by atoms with Gasteiger partial charge in [-0.3, -0.25) is 14.3 Å². The van der Waals surface area contributed by atoms with E-state index in [0.29, 0.717) is 23.7 Å². The number of benzene rings is 2. The number of aryl methyl sites for hydroxylation is 1. The summed E-state index contributed by atoms with van der Waals surface area (Å²) in [6, 6.07) is 12.1. The van der Waals surface area contributed by atoms with E-state index < -0.39 is 21.2 Å². The minimum atomic E-state index is -3.84. The highest BCUT2D eigenvalue weighted by Gasteiger charge is 2.44. The number of carbonyl (C=O) groups is 2. The number of nitrogens with one attached hydrogen (secondary N) is 1. The number of aromatic nitrogens is 3. The lowest BCUT2D eigenvalue weighted by Gasteiger charge is -2.39. The lowest BCUT2D eigenvalue weighted by atomic mass is 9.81. The van der Waals surface area contributed by atoms with E-state index in [0.717, 1.165) is 96.4 Å². The number of carbonyl (C=O) groups excluding carboxylic acids is 2. The van der Waals surface area contributed by atoms with E-state index in [-0.39, 0.29) is 29.6 Å². The van der Waals surface area contributed by atoms with Crippen LogP contribution >= 0.6 is 0 Å². The van der Waals surface area contributed by atoms with Crippen LogP contribution in [0, 0.1) is 6.92 Å². The van der Waals surface area contributed by atoms with E-state index in [1.807, 2.05) is 29.8 Å². The third-order valence-corrected chi connectivity index (χ3v) is 14.1. The summed E-state index contributed by atoms with van der Waals surface area (Å²) in [5.41, 5.74) is 8.66. The molecule has 2 atom stereocenters. The van der Waals surface area contributed by atoms with Crippen LogP contribution < -0.4 is 9.46 Å². The Morgan fingerprint density at radius 3 is 2.29 bits per heavy atom. The van der Waals surface area contributed by atoms with E-state index in [9.17, 15) is 18.0 Å². The largest absolute Gasteiger partial charge is 0.497 e. The van der Waals surface area contributed by atoms with Crippen LogP contribution in [0.4, 0.5) is 0 Å². The molecule has 2 bridgehead atoms. The maximum Gasteiger partial charge on any atom is 0.264 e. The highest BCUT2D eigenvalue weighted by atomic mass is 32.2. The molecular formula is C43H54N6O5S. The molecule has 5 heterocycles. The Balaban J connectivity index is 1.36. The van der Waals surface area contributed by atoms with E-state index >= 15 is 0 Å². The van der Waals surface area contributed by atoms with Crippen molar-refractivity contribution in [1.82, 2.24) is 28.9 Å². The number of hydrogen-bond donors (Lipinski definition) is 1. The third-order valence-electron chi connectivity index (χ3n) is 12.4. The lowest BCUT2D eigenvalue weighted by molar-refractivity contribution is 0.0471. The van der Waals surface area contributed by atoms with Gasteiger partial charge in [0.05, 0.1) is 41.5 Å². The number of hydrogen-bond acceptors (Lipinski definition) is 7. The summed E-state index contributed by atoms with van der Waals surface area (Å²) in [5, 5.41) is 5.37. The average Bonchev–Trinajstić information content (AvgIpc) is 3.72. The second kappa shape index (κ2) is 14.3. The Labute approximate surface area is 324 Å². The van der Waals surface area contributed by atoms with Crippen LogP contribution in [0.5, 0.6) is 5.75 Å². The molecule has 1 saturated carbocycles. The Hall–Kier alpha value is -4.42. The Morgan fingerprint density at radius 2 is 1.64 bits per heavy atom. The second-order valence-corrected chi connectivity index (χ2v) is 19.0. The number of fused-ring (bicyclic) bond motifs is 7. The number of likely N-dealkylation sites (N-methyl/N-ethyl adjacent to an activating group) is 1. The van der Waals surface area contributed by atoms with Gasteiger partial charge in [0, 0.05) is 53.2 Å². The van der Waals surface area contributed by atoms with Crippen molar-refractivity contribution in [2.75, 3.05) is 27.2 Å². The van der Waals surface area contributed by atoms with Gasteiger partial charge in [-0.05, 0) is 126 Å². The molecule has 3 fully saturated rings. The van der Waals surface area contributed by atoms with Gasteiger partial charge in [0.2, 0.25) is 10.0 Å². The molecule has 11 nitrogen and oxygen atoms in total. The van der Waals surface area contributed by atoms with Crippen LogP contribution in [0.1, 0.15) is 128 Å². The van der Waals surface area contributed by atoms with Gasteiger partial charge in [-0.2, -0.15) is 5.10 Å². The van der Waals surface area contributed by atoms with Gasteiger partial charge in [0.1, 0.15) is 5.75 Å². The van der Waals surface area contributed by atoms with Crippen LogP contribution in [0.15, 0.2) is 36.4 Å². The fraction of sp³-hybridized carbons (Fsp3) is 0.512. The van der Waals surface area contributed by atoms with Crippen molar-refractivity contribution < 1.29 is 22.7 Å². The Bertz CT molecular complexity index is 2320. The van der Waals surface area contributed by atoms with Crippen LogP contribution in [0.2, 0.25) is 0 Å². The summed E-state index contributed by atoms with van der Waals surface area (Å²) in [4.78, 5) is 33.1. The second-order valence-electron chi connectivity index (χ2n) is 16.7. The molecule has 2 aromatic carbocycles. The zero-order valence-corrected chi connectivity index (χ0v) is 34.0. The van der Waals surface area contributed by atoms with Crippen molar-refractivity contribution >= 4 is 44.4 Å². The molecule has 0 spiro atoms. The first-order chi connectivity index (χ1) is 26.3. The van der Waals surface area contributed by atoms with Crippen molar-refractivity contribution in [1.29, 1.82) is 0 Å². The van der Waals surface area contributed by atoms with Gasteiger partial charge in [0.15, 0.2) is 0 Å². The molecule has 4 aliphatic rings. The van der Waals surface area contributed by atoms with Gasteiger partial charge >= 0.3 is 0 Å². The van der Waals surface area contributed by atoms with Crippen LogP contribution in [-0.2, 0) is 16.6 Å². The monoisotopic (exact) mass is 766 g/mol. The molecule has 1 N–H and O–H groups in total. The number of allylic oxidation sites excluding steroid dienone is 1. The molecule has 3 aliphatic heterocycles. The normalized spacial score (nSPS) is 20.5. The number of sulfonamides is 1. The topological polar surface area (TPSA) is 119 Å². The number of likely N-dealkylation sites (tertiary alicyclic amines) is 1. The van der Waals surface area contributed by atoms with Crippen molar-refractivity contribution in [3.63, 3.8) is 0 Å². The van der Waals surface area contributed by atoms with E-state index in [4.69, 9.17) is 9.84 Å². The molecule has 12 heteroatoms. The number of piperazine rings is 1. The first-order valence-electron chi connectivity index (χ1n) is 20.0. The van der Waals surface area contributed by atoms with Gasteiger partial charge in [0.25, 0.3) is 11.8 Å². The van der Waals surface area contributed by atoms with Crippen molar-refractivity contribution in [3.8, 4) is 17.0 Å². The first-order valence-corrected chi connectivity index (χ1v) is 21.5. The summed E-state index contributed by atoms with van der Waals surface area (Å²) in [6.45, 7) is 11.4. The van der Waals surface area contributed by atoms with E-state index in [1.165, 1.54) is 12.0 Å². The number of ether oxygens (including phenoxy) is 1. The quantitative estimate of drug-likeness (QED) is 0.199. The minimum Gasteiger partial charge on any atom is -0.497 e. The van der Waals surface area contributed by atoms with Crippen molar-refractivity contribution in [2.24, 2.45) is 0 Å². The van der Waals surface area contributed by atoms with Crippen LogP contribution in [0.3, 0.4) is 0 Å². The molecule has 2 amide bonds. The fourth-order valence-corrected chi connectivity index (χ4v) is 10.3. The molecule has 1 aliphatic carbocycles. The smallest absolute Gasteiger partial charge is 0.264 e. The number of amides is 2. The summed E-state index contributed by atoms with van der Waals surface area (Å²) < 4.78 is 38.0. The molecule has 292 valence electrons. The van der Waals surface area contributed by atoms with Gasteiger partial charge in [-0.1, -0.05) is 25.3 Å².